The molecular weight excluding hydrogens is 312 g/mol. The highest BCUT2D eigenvalue weighted by molar-refractivity contribution is 5.83. The van der Waals surface area contributed by atoms with Crippen LogP contribution in [-0.4, -0.2) is 25.2 Å². The van der Waals surface area contributed by atoms with E-state index >= 15 is 0 Å². The molecule has 0 atom stereocenters. The highest BCUT2D eigenvalue weighted by atomic mass is 16.5. The van der Waals surface area contributed by atoms with Gasteiger partial charge in [0.05, 0.1) is 18.5 Å². The molecule has 128 valence electrons. The number of piperidine rings is 1. The Morgan fingerprint density at radius 1 is 1.20 bits per heavy atom. The van der Waals surface area contributed by atoms with E-state index in [1.807, 2.05) is 6.07 Å². The molecule has 2 aliphatic rings. The van der Waals surface area contributed by atoms with Gasteiger partial charge in [-0.15, -0.1) is 0 Å². The lowest BCUT2D eigenvalue weighted by Crippen LogP contribution is -2.32. The predicted molar refractivity (Wildman–Crippen MR) is 98.8 cm³/mol. The van der Waals surface area contributed by atoms with Gasteiger partial charge in [0.15, 0.2) is 0 Å². The molecule has 2 aromatic rings. The van der Waals surface area contributed by atoms with Gasteiger partial charge in [0.25, 0.3) is 0 Å². The van der Waals surface area contributed by atoms with Crippen LogP contribution in [0.2, 0.25) is 0 Å². The van der Waals surface area contributed by atoms with Gasteiger partial charge in [-0.3, -0.25) is 0 Å². The second-order valence-electron chi connectivity index (χ2n) is 6.73. The van der Waals surface area contributed by atoms with Crippen LogP contribution in [-0.2, 0) is 12.8 Å². The molecule has 0 unspecified atom stereocenters. The fourth-order valence-corrected chi connectivity index (χ4v) is 4.06. The van der Waals surface area contributed by atoms with E-state index in [0.29, 0.717) is 11.4 Å². The largest absolute Gasteiger partial charge is 0.497 e. The summed E-state index contributed by atoms with van der Waals surface area (Å²) in [6, 6.07) is 8.41. The van der Waals surface area contributed by atoms with Crippen molar-refractivity contribution >= 4 is 11.5 Å². The highest BCUT2D eigenvalue weighted by Crippen LogP contribution is 2.42. The quantitative estimate of drug-likeness (QED) is 0.912. The summed E-state index contributed by atoms with van der Waals surface area (Å²) in [6.07, 6.45) is 5.38. The summed E-state index contributed by atoms with van der Waals surface area (Å²) in [5.41, 5.74) is 12.2. The number of hydrogen-bond acceptors (Lipinski definition) is 5. The normalized spacial score (nSPS) is 15.9. The lowest BCUT2D eigenvalue weighted by Gasteiger charge is -2.33. The summed E-state index contributed by atoms with van der Waals surface area (Å²) in [5, 5.41) is 9.68. The van der Waals surface area contributed by atoms with Crippen LogP contribution in [0.25, 0.3) is 11.3 Å². The molecule has 4 rings (SSSR count). The molecule has 25 heavy (non-hydrogen) atoms. The Hall–Kier alpha value is -2.74. The first kappa shape index (κ1) is 15.8. The summed E-state index contributed by atoms with van der Waals surface area (Å²) < 4.78 is 5.35. The molecular formula is C20H22N4O. The number of nitrogen functional groups attached to an aromatic ring is 1. The highest BCUT2D eigenvalue weighted by Gasteiger charge is 2.28. The van der Waals surface area contributed by atoms with E-state index < -0.39 is 0 Å². The van der Waals surface area contributed by atoms with Crippen molar-refractivity contribution in [2.45, 2.75) is 32.1 Å². The maximum atomic E-state index is 9.68. The summed E-state index contributed by atoms with van der Waals surface area (Å²) in [7, 11) is 1.68. The number of pyridine rings is 1. The molecule has 1 aromatic heterocycles. The molecule has 1 aromatic carbocycles. The molecule has 0 radical (unpaired) electrons. The molecule has 0 spiro atoms. The minimum Gasteiger partial charge on any atom is -0.497 e. The molecule has 1 fully saturated rings. The summed E-state index contributed by atoms with van der Waals surface area (Å²) in [6.45, 7) is 1.97. The van der Waals surface area contributed by atoms with E-state index in [0.717, 1.165) is 61.5 Å². The third-order valence-corrected chi connectivity index (χ3v) is 5.29. The van der Waals surface area contributed by atoms with E-state index in [1.54, 1.807) is 7.11 Å². The van der Waals surface area contributed by atoms with Crippen molar-refractivity contribution in [3.8, 4) is 23.1 Å². The number of aromatic nitrogens is 1. The minimum atomic E-state index is 0.338. The van der Waals surface area contributed by atoms with E-state index in [1.165, 1.54) is 17.5 Å². The number of benzene rings is 1. The van der Waals surface area contributed by atoms with Crippen LogP contribution in [0.3, 0.4) is 0 Å². The van der Waals surface area contributed by atoms with Crippen LogP contribution >= 0.6 is 0 Å². The second-order valence-corrected chi connectivity index (χ2v) is 6.73. The first-order valence-electron chi connectivity index (χ1n) is 8.87. The molecule has 1 aliphatic carbocycles. The average Bonchev–Trinajstić information content (AvgIpc) is 2.67. The topological polar surface area (TPSA) is 75.2 Å². The lowest BCUT2D eigenvalue weighted by atomic mass is 9.86. The van der Waals surface area contributed by atoms with Crippen molar-refractivity contribution in [2.75, 3.05) is 30.8 Å². The fraction of sp³-hybridized carbons (Fsp3) is 0.400. The van der Waals surface area contributed by atoms with Gasteiger partial charge in [0.2, 0.25) is 0 Å². The van der Waals surface area contributed by atoms with Gasteiger partial charge in [-0.25, -0.2) is 4.98 Å². The third kappa shape index (κ3) is 2.58. The second kappa shape index (κ2) is 6.29. The van der Waals surface area contributed by atoms with Crippen molar-refractivity contribution in [1.29, 1.82) is 5.26 Å². The number of hydrogen-bond donors (Lipinski definition) is 1. The van der Waals surface area contributed by atoms with Gasteiger partial charge in [0, 0.05) is 24.2 Å². The van der Waals surface area contributed by atoms with E-state index in [4.69, 9.17) is 10.5 Å². The Bertz CT molecular complexity index is 863. The molecule has 5 heteroatoms. The number of methoxy groups -OCH3 is 1. The third-order valence-electron chi connectivity index (χ3n) is 5.29. The SMILES string of the molecule is COc1ccc2c(c1)CCc1c-2nc(N)c(C#N)c1N1CCCCC1. The van der Waals surface area contributed by atoms with Gasteiger partial charge in [-0.05, 0) is 55.9 Å². The maximum Gasteiger partial charge on any atom is 0.144 e. The van der Waals surface area contributed by atoms with Crippen molar-refractivity contribution < 1.29 is 4.74 Å². The predicted octanol–water partition coefficient (Wildman–Crippen LogP) is 3.30. The van der Waals surface area contributed by atoms with Gasteiger partial charge < -0.3 is 15.4 Å². The van der Waals surface area contributed by atoms with Crippen LogP contribution in [0.15, 0.2) is 18.2 Å². The Morgan fingerprint density at radius 2 is 2.00 bits per heavy atom. The number of ether oxygens (including phenoxy) is 1. The Labute approximate surface area is 148 Å². The summed E-state index contributed by atoms with van der Waals surface area (Å²) >= 11 is 0. The number of rotatable bonds is 2. The standard InChI is InChI=1S/C20H22N4O/c1-25-14-6-8-15-13(11-14)5-7-16-18(15)23-20(22)17(12-21)19(16)24-9-3-2-4-10-24/h6,8,11H,2-5,7,9-10H2,1H3,(H2,22,23). The Morgan fingerprint density at radius 3 is 2.72 bits per heavy atom. The number of aryl methyl sites for hydroxylation is 1. The molecule has 0 amide bonds. The van der Waals surface area contributed by atoms with Gasteiger partial charge in [0.1, 0.15) is 23.2 Å². The van der Waals surface area contributed by atoms with Crippen molar-refractivity contribution in [3.05, 3.63) is 34.9 Å². The van der Waals surface area contributed by atoms with Crippen LogP contribution < -0.4 is 15.4 Å². The van der Waals surface area contributed by atoms with E-state index in [2.05, 4.69) is 28.1 Å². The van der Waals surface area contributed by atoms with Gasteiger partial charge in [-0.2, -0.15) is 5.26 Å². The fourth-order valence-electron chi connectivity index (χ4n) is 4.06. The zero-order valence-corrected chi connectivity index (χ0v) is 14.5. The van der Waals surface area contributed by atoms with Crippen LogP contribution in [0, 0.1) is 11.3 Å². The molecule has 5 nitrogen and oxygen atoms in total. The number of fused-ring (bicyclic) bond motifs is 3. The van der Waals surface area contributed by atoms with E-state index in [-0.39, 0.29) is 0 Å². The molecule has 0 saturated carbocycles. The Kier molecular flexibility index (Phi) is 3.96. The van der Waals surface area contributed by atoms with Crippen molar-refractivity contribution in [3.63, 3.8) is 0 Å². The molecule has 1 aliphatic heterocycles. The first-order chi connectivity index (χ1) is 12.2. The van der Waals surface area contributed by atoms with Crippen molar-refractivity contribution in [2.24, 2.45) is 0 Å². The maximum absolute atomic E-state index is 9.68. The van der Waals surface area contributed by atoms with Crippen LogP contribution in [0.4, 0.5) is 11.5 Å². The summed E-state index contributed by atoms with van der Waals surface area (Å²) in [5.74, 6) is 1.20. The first-order valence-corrected chi connectivity index (χ1v) is 8.87. The zero-order valence-electron chi connectivity index (χ0n) is 14.5. The molecule has 2 N–H and O–H groups in total. The Balaban J connectivity index is 1.91. The molecule has 2 heterocycles. The average molecular weight is 334 g/mol. The molecule has 1 saturated heterocycles. The van der Waals surface area contributed by atoms with Gasteiger partial charge in [-0.1, -0.05) is 0 Å². The number of anilines is 2. The van der Waals surface area contributed by atoms with Crippen LogP contribution in [0.1, 0.15) is 36.0 Å². The number of nitriles is 1. The summed E-state index contributed by atoms with van der Waals surface area (Å²) in [4.78, 5) is 6.97. The molecule has 0 bridgehead atoms. The lowest BCUT2D eigenvalue weighted by molar-refractivity contribution is 0.414. The monoisotopic (exact) mass is 334 g/mol. The zero-order chi connectivity index (χ0) is 17.4. The minimum absolute atomic E-state index is 0.338. The van der Waals surface area contributed by atoms with Gasteiger partial charge >= 0.3 is 0 Å². The van der Waals surface area contributed by atoms with E-state index in [9.17, 15) is 5.26 Å². The number of nitrogens with two attached hydrogens (primary N) is 1. The number of nitrogens with zero attached hydrogens (tertiary/aromatic N) is 3. The smallest absolute Gasteiger partial charge is 0.144 e. The van der Waals surface area contributed by atoms with Crippen LogP contribution in [0.5, 0.6) is 5.75 Å². The van der Waals surface area contributed by atoms with Crippen molar-refractivity contribution in [1.82, 2.24) is 4.98 Å².